The monoisotopic (exact) mass is 236 g/mol. The molecule has 1 aromatic rings. The van der Waals surface area contributed by atoms with E-state index in [0.29, 0.717) is 18.2 Å². The Hall–Kier alpha value is -0.800. The molecule has 1 aromatic heterocycles. The normalized spacial score (nSPS) is 26.3. The largest absolute Gasteiger partial charge is 0.373 e. The van der Waals surface area contributed by atoms with Crippen molar-refractivity contribution in [1.29, 1.82) is 0 Å². The Morgan fingerprint density at radius 3 is 2.94 bits per heavy atom. The summed E-state index contributed by atoms with van der Waals surface area (Å²) in [5, 5.41) is 3.34. The molecule has 3 atom stereocenters. The van der Waals surface area contributed by atoms with Crippen molar-refractivity contribution in [2.75, 3.05) is 7.05 Å². The van der Waals surface area contributed by atoms with Crippen molar-refractivity contribution in [3.05, 3.63) is 24.0 Å². The molecule has 17 heavy (non-hydrogen) atoms. The van der Waals surface area contributed by atoms with E-state index in [2.05, 4.69) is 42.2 Å². The minimum atomic E-state index is 0.403. The van der Waals surface area contributed by atoms with Gasteiger partial charge in [0.05, 0.1) is 12.2 Å². The molecule has 1 saturated heterocycles. The summed E-state index contributed by atoms with van der Waals surface area (Å²) in [5.74, 6) is 0. The molecule has 2 rings (SSSR count). The molecule has 3 heteroatoms. The van der Waals surface area contributed by atoms with Crippen LogP contribution in [-0.4, -0.2) is 23.8 Å². The summed E-state index contributed by atoms with van der Waals surface area (Å²) in [4.78, 5) is 0. The van der Waals surface area contributed by atoms with Crippen molar-refractivity contribution in [1.82, 2.24) is 9.88 Å². The van der Waals surface area contributed by atoms with Crippen molar-refractivity contribution in [2.24, 2.45) is 0 Å². The summed E-state index contributed by atoms with van der Waals surface area (Å²) in [7, 11) is 2.02. The molecule has 2 heterocycles. The maximum absolute atomic E-state index is 5.85. The van der Waals surface area contributed by atoms with Gasteiger partial charge in [-0.05, 0) is 44.9 Å². The SMILES string of the molecule is CCC(NC)c1ccn(CC2CCC(C)O2)c1. The molecule has 0 spiro atoms. The van der Waals surface area contributed by atoms with Gasteiger partial charge in [-0.1, -0.05) is 6.92 Å². The number of ether oxygens (including phenoxy) is 1. The molecular weight excluding hydrogens is 212 g/mol. The highest BCUT2D eigenvalue weighted by Crippen LogP contribution is 2.22. The van der Waals surface area contributed by atoms with Gasteiger partial charge in [-0.25, -0.2) is 0 Å². The predicted molar refractivity (Wildman–Crippen MR) is 70.1 cm³/mol. The minimum Gasteiger partial charge on any atom is -0.373 e. The van der Waals surface area contributed by atoms with Gasteiger partial charge in [-0.15, -0.1) is 0 Å². The molecule has 1 aliphatic rings. The van der Waals surface area contributed by atoms with Crippen molar-refractivity contribution in [3.63, 3.8) is 0 Å². The van der Waals surface area contributed by atoms with E-state index in [4.69, 9.17) is 4.74 Å². The fourth-order valence-corrected chi connectivity index (χ4v) is 2.64. The molecule has 1 fully saturated rings. The van der Waals surface area contributed by atoms with Gasteiger partial charge >= 0.3 is 0 Å². The Labute approximate surface area is 104 Å². The van der Waals surface area contributed by atoms with Gasteiger partial charge in [0, 0.05) is 25.0 Å². The number of hydrogen-bond donors (Lipinski definition) is 1. The highest BCUT2D eigenvalue weighted by Gasteiger charge is 2.22. The van der Waals surface area contributed by atoms with Crippen LogP contribution in [0.15, 0.2) is 18.5 Å². The van der Waals surface area contributed by atoms with Crippen LogP contribution >= 0.6 is 0 Å². The van der Waals surface area contributed by atoms with Crippen LogP contribution in [0.2, 0.25) is 0 Å². The fourth-order valence-electron chi connectivity index (χ4n) is 2.64. The molecule has 3 nitrogen and oxygen atoms in total. The second kappa shape index (κ2) is 5.69. The summed E-state index contributed by atoms with van der Waals surface area (Å²) >= 11 is 0. The van der Waals surface area contributed by atoms with Crippen LogP contribution in [0.3, 0.4) is 0 Å². The quantitative estimate of drug-likeness (QED) is 0.850. The fraction of sp³-hybridized carbons (Fsp3) is 0.714. The lowest BCUT2D eigenvalue weighted by Crippen LogP contribution is -2.16. The summed E-state index contributed by atoms with van der Waals surface area (Å²) in [5.41, 5.74) is 1.38. The Balaban J connectivity index is 1.94. The van der Waals surface area contributed by atoms with E-state index in [9.17, 15) is 0 Å². The van der Waals surface area contributed by atoms with Gasteiger partial charge in [0.15, 0.2) is 0 Å². The van der Waals surface area contributed by atoms with Crippen LogP contribution in [0.1, 0.15) is 44.7 Å². The Morgan fingerprint density at radius 1 is 1.53 bits per heavy atom. The zero-order valence-corrected chi connectivity index (χ0v) is 11.1. The molecule has 0 bridgehead atoms. The van der Waals surface area contributed by atoms with Crippen molar-refractivity contribution >= 4 is 0 Å². The van der Waals surface area contributed by atoms with E-state index < -0.39 is 0 Å². The lowest BCUT2D eigenvalue weighted by Gasteiger charge is -2.13. The van der Waals surface area contributed by atoms with Crippen LogP contribution in [0.5, 0.6) is 0 Å². The average molecular weight is 236 g/mol. The lowest BCUT2D eigenvalue weighted by atomic mass is 10.1. The van der Waals surface area contributed by atoms with E-state index >= 15 is 0 Å². The Bertz CT molecular complexity index is 344. The maximum Gasteiger partial charge on any atom is 0.0758 e. The van der Waals surface area contributed by atoms with E-state index in [1.165, 1.54) is 18.4 Å². The third-order valence-corrected chi connectivity index (χ3v) is 3.67. The summed E-state index contributed by atoms with van der Waals surface area (Å²) < 4.78 is 8.11. The number of aromatic nitrogens is 1. The van der Waals surface area contributed by atoms with Crippen LogP contribution in [0.25, 0.3) is 0 Å². The standard InChI is InChI=1S/C14H24N2O/c1-4-14(15-3)12-7-8-16(9-12)10-13-6-5-11(2)17-13/h7-9,11,13-15H,4-6,10H2,1-3H3. The van der Waals surface area contributed by atoms with Crippen LogP contribution < -0.4 is 5.32 Å². The first-order valence-electron chi connectivity index (χ1n) is 6.71. The number of hydrogen-bond acceptors (Lipinski definition) is 2. The third kappa shape index (κ3) is 3.11. The first kappa shape index (κ1) is 12.7. The topological polar surface area (TPSA) is 26.2 Å². The van der Waals surface area contributed by atoms with Gasteiger partial charge in [0.2, 0.25) is 0 Å². The van der Waals surface area contributed by atoms with Gasteiger partial charge in [0.1, 0.15) is 0 Å². The van der Waals surface area contributed by atoms with Crippen molar-refractivity contribution in [3.8, 4) is 0 Å². The third-order valence-electron chi connectivity index (χ3n) is 3.67. The van der Waals surface area contributed by atoms with E-state index in [-0.39, 0.29) is 0 Å². The first-order chi connectivity index (χ1) is 8.22. The molecule has 1 aliphatic heterocycles. The molecule has 0 amide bonds. The Kier molecular flexibility index (Phi) is 4.24. The molecule has 0 aliphatic carbocycles. The average Bonchev–Trinajstić information content (AvgIpc) is 2.91. The highest BCUT2D eigenvalue weighted by atomic mass is 16.5. The molecule has 0 saturated carbocycles. The lowest BCUT2D eigenvalue weighted by molar-refractivity contribution is 0.0458. The van der Waals surface area contributed by atoms with Crippen LogP contribution in [0.4, 0.5) is 0 Å². The number of rotatable bonds is 5. The second-order valence-electron chi connectivity index (χ2n) is 5.04. The van der Waals surface area contributed by atoms with Gasteiger partial charge in [-0.2, -0.15) is 0 Å². The molecular formula is C14H24N2O. The zero-order valence-electron chi connectivity index (χ0n) is 11.1. The van der Waals surface area contributed by atoms with E-state index in [1.807, 2.05) is 7.05 Å². The minimum absolute atomic E-state index is 0.403. The second-order valence-corrected chi connectivity index (χ2v) is 5.04. The molecule has 0 aromatic carbocycles. The first-order valence-corrected chi connectivity index (χ1v) is 6.71. The highest BCUT2D eigenvalue weighted by molar-refractivity contribution is 5.15. The maximum atomic E-state index is 5.85. The summed E-state index contributed by atoms with van der Waals surface area (Å²) in [6, 6.07) is 2.68. The van der Waals surface area contributed by atoms with Gasteiger partial charge < -0.3 is 14.6 Å². The van der Waals surface area contributed by atoms with Crippen molar-refractivity contribution in [2.45, 2.75) is 57.9 Å². The summed E-state index contributed by atoms with van der Waals surface area (Å²) in [6.07, 6.45) is 8.77. The van der Waals surface area contributed by atoms with Crippen molar-refractivity contribution < 1.29 is 4.74 Å². The van der Waals surface area contributed by atoms with Gasteiger partial charge in [-0.3, -0.25) is 0 Å². The van der Waals surface area contributed by atoms with Crippen LogP contribution in [0, 0.1) is 0 Å². The molecule has 0 radical (unpaired) electrons. The van der Waals surface area contributed by atoms with Crippen LogP contribution in [-0.2, 0) is 11.3 Å². The number of nitrogens with one attached hydrogen (secondary N) is 1. The summed E-state index contributed by atoms with van der Waals surface area (Å²) in [6.45, 7) is 5.36. The van der Waals surface area contributed by atoms with Gasteiger partial charge in [0.25, 0.3) is 0 Å². The smallest absolute Gasteiger partial charge is 0.0758 e. The zero-order chi connectivity index (χ0) is 12.3. The molecule has 3 unspecified atom stereocenters. The number of nitrogens with zero attached hydrogens (tertiary/aromatic N) is 1. The van der Waals surface area contributed by atoms with E-state index in [1.54, 1.807) is 0 Å². The Morgan fingerprint density at radius 2 is 2.35 bits per heavy atom. The molecule has 1 N–H and O–H groups in total. The predicted octanol–water partition coefficient (Wildman–Crippen LogP) is 2.73. The molecule has 96 valence electrons. The van der Waals surface area contributed by atoms with E-state index in [0.717, 1.165) is 13.0 Å².